The lowest BCUT2D eigenvalue weighted by molar-refractivity contribution is 0.124. The molecular weight excluding hydrogens is 212 g/mol. The van der Waals surface area contributed by atoms with Crippen molar-refractivity contribution < 1.29 is 9.47 Å². The molecule has 2 heteroatoms. The molecule has 1 aromatic rings. The molecular formula is C15H22O2. The van der Waals surface area contributed by atoms with E-state index in [0.717, 1.165) is 26.1 Å². The van der Waals surface area contributed by atoms with E-state index in [9.17, 15) is 0 Å². The normalized spacial score (nSPS) is 10.9. The number of hydrogen-bond donors (Lipinski definition) is 0. The average Bonchev–Trinajstić information content (AvgIpc) is 2.38. The van der Waals surface area contributed by atoms with Crippen molar-refractivity contribution in [1.29, 1.82) is 0 Å². The minimum absolute atomic E-state index is 0.686. The van der Waals surface area contributed by atoms with Crippen molar-refractivity contribution in [2.75, 3.05) is 13.2 Å². The summed E-state index contributed by atoms with van der Waals surface area (Å²) in [7, 11) is 0. The molecule has 0 aliphatic rings. The van der Waals surface area contributed by atoms with Gasteiger partial charge in [-0.05, 0) is 24.5 Å². The zero-order chi connectivity index (χ0) is 12.2. The van der Waals surface area contributed by atoms with Crippen LogP contribution in [0.25, 0.3) is 0 Å². The number of rotatable bonds is 9. The summed E-state index contributed by atoms with van der Waals surface area (Å²) in [6.07, 6.45) is 6.99. The predicted octanol–water partition coefficient (Wildman–Crippen LogP) is 3.92. The average molecular weight is 234 g/mol. The van der Waals surface area contributed by atoms with Gasteiger partial charge in [0, 0.05) is 0 Å². The van der Waals surface area contributed by atoms with E-state index in [0.29, 0.717) is 6.61 Å². The highest BCUT2D eigenvalue weighted by molar-refractivity contribution is 5.13. The van der Waals surface area contributed by atoms with Gasteiger partial charge in [0.15, 0.2) is 0 Å². The Bertz CT molecular complexity index is 293. The fourth-order valence-corrected chi connectivity index (χ4v) is 1.35. The van der Waals surface area contributed by atoms with E-state index in [4.69, 9.17) is 9.47 Å². The second-order valence-electron chi connectivity index (χ2n) is 3.92. The van der Waals surface area contributed by atoms with Crippen molar-refractivity contribution in [3.8, 4) is 0 Å². The second-order valence-corrected chi connectivity index (χ2v) is 3.92. The van der Waals surface area contributed by atoms with Gasteiger partial charge in [-0.2, -0.15) is 0 Å². The molecule has 1 aromatic carbocycles. The van der Waals surface area contributed by atoms with Gasteiger partial charge in [0.1, 0.15) is 0 Å². The Balaban J connectivity index is 1.94. The van der Waals surface area contributed by atoms with E-state index in [1.165, 1.54) is 12.0 Å². The Morgan fingerprint density at radius 1 is 1.12 bits per heavy atom. The molecule has 0 radical (unpaired) electrons. The molecule has 2 nitrogen and oxygen atoms in total. The van der Waals surface area contributed by atoms with Crippen molar-refractivity contribution >= 4 is 0 Å². The van der Waals surface area contributed by atoms with Crippen LogP contribution in [0.15, 0.2) is 42.7 Å². The third-order valence-corrected chi connectivity index (χ3v) is 2.35. The molecule has 0 heterocycles. The minimum atomic E-state index is 0.686. The van der Waals surface area contributed by atoms with Crippen LogP contribution in [0.3, 0.4) is 0 Å². The Morgan fingerprint density at radius 3 is 2.71 bits per heavy atom. The quantitative estimate of drug-likeness (QED) is 0.476. The second kappa shape index (κ2) is 9.91. The van der Waals surface area contributed by atoms with Crippen LogP contribution in [-0.2, 0) is 16.1 Å². The fourth-order valence-electron chi connectivity index (χ4n) is 1.35. The molecule has 0 aliphatic carbocycles. The first kappa shape index (κ1) is 13.8. The maximum atomic E-state index is 5.54. The fraction of sp³-hybridized carbons (Fsp3) is 0.467. The highest BCUT2D eigenvalue weighted by atomic mass is 16.5. The smallest absolute Gasteiger partial charge is 0.0873 e. The van der Waals surface area contributed by atoms with Gasteiger partial charge >= 0.3 is 0 Å². The zero-order valence-corrected chi connectivity index (χ0v) is 10.6. The standard InChI is InChI=1S/C15H22O2/c1-2-3-11-16-12-7-8-13-17-14-15-9-5-4-6-10-15/h4-7,9-10,12H,2-3,8,11,13-14H2,1H3/b12-7+. The maximum Gasteiger partial charge on any atom is 0.0873 e. The molecule has 0 unspecified atom stereocenters. The van der Waals surface area contributed by atoms with Crippen LogP contribution in [-0.4, -0.2) is 13.2 Å². The predicted molar refractivity (Wildman–Crippen MR) is 70.7 cm³/mol. The number of benzene rings is 1. The Hall–Kier alpha value is -1.28. The van der Waals surface area contributed by atoms with Crippen LogP contribution in [0.2, 0.25) is 0 Å². The van der Waals surface area contributed by atoms with Gasteiger partial charge in [-0.3, -0.25) is 0 Å². The van der Waals surface area contributed by atoms with Gasteiger partial charge in [-0.1, -0.05) is 43.7 Å². The molecule has 0 aliphatic heterocycles. The van der Waals surface area contributed by atoms with E-state index in [1.54, 1.807) is 6.26 Å². The molecule has 0 amide bonds. The first-order valence-electron chi connectivity index (χ1n) is 6.31. The summed E-state index contributed by atoms with van der Waals surface area (Å²) in [5.74, 6) is 0. The van der Waals surface area contributed by atoms with Crippen LogP contribution in [0.1, 0.15) is 31.7 Å². The topological polar surface area (TPSA) is 18.5 Å². The Morgan fingerprint density at radius 2 is 1.94 bits per heavy atom. The van der Waals surface area contributed by atoms with Crippen LogP contribution < -0.4 is 0 Å². The minimum Gasteiger partial charge on any atom is -0.502 e. The van der Waals surface area contributed by atoms with Crippen molar-refractivity contribution in [3.63, 3.8) is 0 Å². The SMILES string of the molecule is CCCCO/C=C/CCOCc1ccccc1. The van der Waals surface area contributed by atoms with Crippen molar-refractivity contribution in [3.05, 3.63) is 48.2 Å². The van der Waals surface area contributed by atoms with Crippen molar-refractivity contribution in [1.82, 2.24) is 0 Å². The van der Waals surface area contributed by atoms with Crippen LogP contribution >= 0.6 is 0 Å². The van der Waals surface area contributed by atoms with Gasteiger partial charge in [-0.15, -0.1) is 0 Å². The van der Waals surface area contributed by atoms with Gasteiger partial charge in [0.2, 0.25) is 0 Å². The van der Waals surface area contributed by atoms with Crippen LogP contribution in [0.4, 0.5) is 0 Å². The van der Waals surface area contributed by atoms with Crippen LogP contribution in [0, 0.1) is 0 Å². The Kier molecular flexibility index (Phi) is 8.04. The van der Waals surface area contributed by atoms with Crippen molar-refractivity contribution in [2.24, 2.45) is 0 Å². The molecule has 17 heavy (non-hydrogen) atoms. The Labute approximate surface area is 104 Å². The summed E-state index contributed by atoms with van der Waals surface area (Å²) in [5.41, 5.74) is 1.22. The lowest BCUT2D eigenvalue weighted by Gasteiger charge is -2.02. The third-order valence-electron chi connectivity index (χ3n) is 2.35. The molecule has 0 spiro atoms. The maximum absolute atomic E-state index is 5.54. The molecule has 0 saturated heterocycles. The van der Waals surface area contributed by atoms with Gasteiger partial charge < -0.3 is 9.47 Å². The number of unbranched alkanes of at least 4 members (excludes halogenated alkanes) is 1. The van der Waals surface area contributed by atoms with E-state index < -0.39 is 0 Å². The molecule has 1 rings (SSSR count). The van der Waals surface area contributed by atoms with E-state index in [2.05, 4.69) is 19.1 Å². The summed E-state index contributed by atoms with van der Waals surface area (Å²) < 4.78 is 10.8. The van der Waals surface area contributed by atoms with Gasteiger partial charge in [0.25, 0.3) is 0 Å². The molecule has 0 saturated carbocycles. The molecule has 0 aromatic heterocycles. The summed E-state index contributed by atoms with van der Waals surface area (Å²) in [4.78, 5) is 0. The molecule has 0 fully saturated rings. The monoisotopic (exact) mass is 234 g/mol. The van der Waals surface area contributed by atoms with Crippen LogP contribution in [0.5, 0.6) is 0 Å². The van der Waals surface area contributed by atoms with E-state index >= 15 is 0 Å². The van der Waals surface area contributed by atoms with E-state index in [-0.39, 0.29) is 0 Å². The van der Waals surface area contributed by atoms with Gasteiger partial charge in [-0.25, -0.2) is 0 Å². The molecule has 0 bridgehead atoms. The number of hydrogen-bond acceptors (Lipinski definition) is 2. The first-order chi connectivity index (χ1) is 8.43. The number of ether oxygens (including phenoxy) is 2. The summed E-state index contributed by atoms with van der Waals surface area (Å²) in [5, 5.41) is 0. The molecule has 94 valence electrons. The molecule has 0 N–H and O–H groups in total. The van der Waals surface area contributed by atoms with E-state index in [1.807, 2.05) is 24.3 Å². The first-order valence-corrected chi connectivity index (χ1v) is 6.31. The zero-order valence-electron chi connectivity index (χ0n) is 10.6. The third kappa shape index (κ3) is 7.58. The largest absolute Gasteiger partial charge is 0.502 e. The summed E-state index contributed by atoms with van der Waals surface area (Å²) in [6.45, 7) is 4.40. The lowest BCUT2D eigenvalue weighted by Crippen LogP contribution is -1.94. The highest BCUT2D eigenvalue weighted by Gasteiger charge is 1.90. The van der Waals surface area contributed by atoms with Crippen molar-refractivity contribution in [2.45, 2.75) is 32.8 Å². The summed E-state index contributed by atoms with van der Waals surface area (Å²) in [6, 6.07) is 10.2. The lowest BCUT2D eigenvalue weighted by atomic mass is 10.2. The van der Waals surface area contributed by atoms with Gasteiger partial charge in [0.05, 0.1) is 26.1 Å². The molecule has 0 atom stereocenters. The summed E-state index contributed by atoms with van der Waals surface area (Å²) >= 11 is 0. The highest BCUT2D eigenvalue weighted by Crippen LogP contribution is 2.00.